The van der Waals surface area contributed by atoms with Crippen LogP contribution in [0.2, 0.25) is 0 Å². The minimum Gasteiger partial charge on any atom is -0.320 e. The maximum atomic E-state index is 13.4. The van der Waals surface area contributed by atoms with Gasteiger partial charge in [0.05, 0.1) is 11.3 Å². The van der Waals surface area contributed by atoms with Crippen molar-refractivity contribution in [3.05, 3.63) is 58.3 Å². The summed E-state index contributed by atoms with van der Waals surface area (Å²) in [5, 5.41) is 2.48. The number of carbonyl (C=O) groups excluding carboxylic acids is 1. The fourth-order valence-electron chi connectivity index (χ4n) is 1.34. The number of amides is 1. The molecule has 1 aromatic heterocycles. The standard InChI is InChI=1S/C12H7BrF2N2O/c13-11-10(2-1-5-16-11)17-12(18)8-4-3-7(14)6-9(8)15/h1-6H,(H,17,18). The number of hydrogen-bond donors (Lipinski definition) is 1. The van der Waals surface area contributed by atoms with Gasteiger partial charge in [0.15, 0.2) is 0 Å². The van der Waals surface area contributed by atoms with E-state index in [1.54, 1.807) is 12.1 Å². The maximum absolute atomic E-state index is 13.4. The largest absolute Gasteiger partial charge is 0.320 e. The molecule has 0 aliphatic heterocycles. The Hall–Kier alpha value is -1.82. The van der Waals surface area contributed by atoms with Crippen molar-refractivity contribution in [2.45, 2.75) is 0 Å². The van der Waals surface area contributed by atoms with E-state index in [-0.39, 0.29) is 5.56 Å². The summed E-state index contributed by atoms with van der Waals surface area (Å²) in [6.45, 7) is 0. The highest BCUT2D eigenvalue weighted by atomic mass is 79.9. The lowest BCUT2D eigenvalue weighted by Gasteiger charge is -2.07. The van der Waals surface area contributed by atoms with E-state index in [2.05, 4.69) is 26.2 Å². The van der Waals surface area contributed by atoms with Gasteiger partial charge in [0.25, 0.3) is 5.91 Å². The smallest absolute Gasteiger partial charge is 0.258 e. The number of benzene rings is 1. The quantitative estimate of drug-likeness (QED) is 0.864. The Bertz CT molecular complexity index is 604. The van der Waals surface area contributed by atoms with Gasteiger partial charge >= 0.3 is 0 Å². The zero-order valence-corrected chi connectivity index (χ0v) is 10.5. The Morgan fingerprint density at radius 2 is 2.06 bits per heavy atom. The number of nitrogens with one attached hydrogen (secondary N) is 1. The second kappa shape index (κ2) is 5.22. The average Bonchev–Trinajstić information content (AvgIpc) is 2.32. The molecule has 0 aliphatic carbocycles. The third-order valence-electron chi connectivity index (χ3n) is 2.18. The molecule has 0 spiro atoms. The lowest BCUT2D eigenvalue weighted by molar-refractivity contribution is 0.102. The van der Waals surface area contributed by atoms with E-state index in [4.69, 9.17) is 0 Å². The molecule has 0 bridgehead atoms. The molecule has 0 atom stereocenters. The van der Waals surface area contributed by atoms with Crippen LogP contribution in [0.15, 0.2) is 41.1 Å². The molecule has 3 nitrogen and oxygen atoms in total. The zero-order chi connectivity index (χ0) is 13.1. The number of aromatic nitrogens is 1. The number of anilines is 1. The molecule has 1 heterocycles. The summed E-state index contributed by atoms with van der Waals surface area (Å²) in [5.41, 5.74) is 0.179. The van der Waals surface area contributed by atoms with Crippen LogP contribution < -0.4 is 5.32 Å². The van der Waals surface area contributed by atoms with Gasteiger partial charge in [0, 0.05) is 12.3 Å². The SMILES string of the molecule is O=C(Nc1cccnc1Br)c1ccc(F)cc1F. The Balaban J connectivity index is 2.25. The highest BCUT2D eigenvalue weighted by Gasteiger charge is 2.13. The first kappa shape index (κ1) is 12.6. The molecule has 2 rings (SSSR count). The average molecular weight is 313 g/mol. The van der Waals surface area contributed by atoms with Crippen LogP contribution >= 0.6 is 15.9 Å². The number of hydrogen-bond acceptors (Lipinski definition) is 2. The van der Waals surface area contributed by atoms with Gasteiger partial charge in [-0.3, -0.25) is 4.79 Å². The van der Waals surface area contributed by atoms with Crippen molar-refractivity contribution in [3.8, 4) is 0 Å². The number of carbonyl (C=O) groups is 1. The molecule has 0 fully saturated rings. The monoisotopic (exact) mass is 312 g/mol. The molecule has 1 aromatic carbocycles. The molecule has 18 heavy (non-hydrogen) atoms. The van der Waals surface area contributed by atoms with Crippen molar-refractivity contribution in [3.63, 3.8) is 0 Å². The third-order valence-corrected chi connectivity index (χ3v) is 2.81. The van der Waals surface area contributed by atoms with Gasteiger partial charge in [-0.05, 0) is 40.2 Å². The van der Waals surface area contributed by atoms with Gasteiger partial charge in [-0.2, -0.15) is 0 Å². The summed E-state index contributed by atoms with van der Waals surface area (Å²) in [6.07, 6.45) is 1.54. The van der Waals surface area contributed by atoms with Gasteiger partial charge in [0.2, 0.25) is 0 Å². The summed E-state index contributed by atoms with van der Waals surface area (Å²) < 4.78 is 26.5. The van der Waals surface area contributed by atoms with E-state index in [0.717, 1.165) is 12.1 Å². The van der Waals surface area contributed by atoms with Crippen LogP contribution in [0, 0.1) is 11.6 Å². The minimum absolute atomic E-state index is 0.229. The van der Waals surface area contributed by atoms with Gasteiger partial charge in [-0.25, -0.2) is 13.8 Å². The Morgan fingerprint density at radius 3 is 2.72 bits per heavy atom. The van der Waals surface area contributed by atoms with Crippen LogP contribution in [0.3, 0.4) is 0 Å². The van der Waals surface area contributed by atoms with Crippen molar-refractivity contribution >= 4 is 27.5 Å². The molecule has 0 aliphatic rings. The maximum Gasteiger partial charge on any atom is 0.258 e. The Labute approximate surface area is 110 Å². The predicted octanol–water partition coefficient (Wildman–Crippen LogP) is 3.37. The van der Waals surface area contributed by atoms with Crippen molar-refractivity contribution in [2.75, 3.05) is 5.32 Å². The molecule has 6 heteroatoms. The number of halogens is 3. The van der Waals surface area contributed by atoms with Crippen LogP contribution in [0.1, 0.15) is 10.4 Å². The van der Waals surface area contributed by atoms with Crippen LogP contribution in [-0.2, 0) is 0 Å². The molecule has 0 saturated carbocycles. The van der Waals surface area contributed by atoms with Crippen molar-refractivity contribution in [1.29, 1.82) is 0 Å². The van der Waals surface area contributed by atoms with Gasteiger partial charge in [0.1, 0.15) is 16.2 Å². The lowest BCUT2D eigenvalue weighted by atomic mass is 10.2. The summed E-state index contributed by atoms with van der Waals surface area (Å²) in [6, 6.07) is 6.01. The Morgan fingerprint density at radius 1 is 1.28 bits per heavy atom. The molecular formula is C12H7BrF2N2O. The lowest BCUT2D eigenvalue weighted by Crippen LogP contribution is -2.14. The second-order valence-corrected chi connectivity index (χ2v) is 4.17. The van der Waals surface area contributed by atoms with Gasteiger partial charge in [-0.1, -0.05) is 0 Å². The van der Waals surface area contributed by atoms with Crippen LogP contribution in [0.4, 0.5) is 14.5 Å². The first-order chi connectivity index (χ1) is 8.58. The first-order valence-corrected chi connectivity index (χ1v) is 5.74. The zero-order valence-electron chi connectivity index (χ0n) is 8.95. The highest BCUT2D eigenvalue weighted by Crippen LogP contribution is 2.20. The Kier molecular flexibility index (Phi) is 3.66. The highest BCUT2D eigenvalue weighted by molar-refractivity contribution is 9.10. The van der Waals surface area contributed by atoms with Gasteiger partial charge < -0.3 is 5.32 Å². The van der Waals surface area contributed by atoms with E-state index in [1.807, 2.05) is 0 Å². The summed E-state index contributed by atoms with van der Waals surface area (Å²) >= 11 is 3.15. The van der Waals surface area contributed by atoms with Crippen LogP contribution in [0.25, 0.3) is 0 Å². The van der Waals surface area contributed by atoms with Gasteiger partial charge in [-0.15, -0.1) is 0 Å². The molecule has 0 saturated heterocycles. The van der Waals surface area contributed by atoms with E-state index >= 15 is 0 Å². The molecule has 2 aromatic rings. The fourth-order valence-corrected chi connectivity index (χ4v) is 1.69. The van der Waals surface area contributed by atoms with E-state index in [9.17, 15) is 13.6 Å². The summed E-state index contributed by atoms with van der Waals surface area (Å²) in [7, 11) is 0. The van der Waals surface area contributed by atoms with Crippen molar-refractivity contribution in [2.24, 2.45) is 0 Å². The molecule has 1 amide bonds. The van der Waals surface area contributed by atoms with E-state index in [1.165, 1.54) is 6.20 Å². The summed E-state index contributed by atoms with van der Waals surface area (Å²) in [5.74, 6) is -2.31. The number of rotatable bonds is 2. The normalized spacial score (nSPS) is 10.2. The van der Waals surface area contributed by atoms with E-state index in [0.29, 0.717) is 16.4 Å². The minimum atomic E-state index is -0.910. The molecule has 92 valence electrons. The van der Waals surface area contributed by atoms with E-state index < -0.39 is 17.5 Å². The topological polar surface area (TPSA) is 42.0 Å². The number of nitrogens with zero attached hydrogens (tertiary/aromatic N) is 1. The molecular weight excluding hydrogens is 306 g/mol. The van der Waals surface area contributed by atoms with Crippen LogP contribution in [-0.4, -0.2) is 10.9 Å². The van der Waals surface area contributed by atoms with Crippen molar-refractivity contribution < 1.29 is 13.6 Å². The van der Waals surface area contributed by atoms with Crippen molar-refractivity contribution in [1.82, 2.24) is 4.98 Å². The predicted molar refractivity (Wildman–Crippen MR) is 66.2 cm³/mol. The molecule has 1 N–H and O–H groups in total. The first-order valence-electron chi connectivity index (χ1n) is 4.95. The molecule has 0 radical (unpaired) electrons. The number of pyridine rings is 1. The molecule has 0 unspecified atom stereocenters. The second-order valence-electron chi connectivity index (χ2n) is 3.42. The van der Waals surface area contributed by atoms with Crippen LogP contribution in [0.5, 0.6) is 0 Å². The summed E-state index contributed by atoms with van der Waals surface area (Å²) in [4.78, 5) is 15.7. The fraction of sp³-hybridized carbons (Fsp3) is 0. The third kappa shape index (κ3) is 2.70.